The van der Waals surface area contributed by atoms with E-state index < -0.39 is 0 Å². The van der Waals surface area contributed by atoms with E-state index in [1.54, 1.807) is 35.1 Å². The Hall–Kier alpha value is -2.67. The summed E-state index contributed by atoms with van der Waals surface area (Å²) in [5.41, 5.74) is 1.55. The minimum absolute atomic E-state index is 0.246. The third-order valence-electron chi connectivity index (χ3n) is 3.29. The van der Waals surface area contributed by atoms with Gasteiger partial charge in [-0.2, -0.15) is 9.61 Å². The predicted molar refractivity (Wildman–Crippen MR) is 81.1 cm³/mol. The van der Waals surface area contributed by atoms with Crippen molar-refractivity contribution in [1.82, 2.24) is 24.8 Å². The zero-order valence-corrected chi connectivity index (χ0v) is 12.2. The van der Waals surface area contributed by atoms with E-state index >= 15 is 0 Å². The second-order valence-electron chi connectivity index (χ2n) is 4.72. The average molecular weight is 311 g/mol. The van der Waals surface area contributed by atoms with Gasteiger partial charge in [-0.05, 0) is 23.8 Å². The molecule has 0 radical (unpaired) electrons. The first kappa shape index (κ1) is 13.0. The summed E-state index contributed by atoms with van der Waals surface area (Å²) in [4.78, 5) is 4.69. The molecular weight excluding hydrogens is 301 g/mol. The minimum atomic E-state index is -0.246. The maximum atomic E-state index is 13.8. The largest absolute Gasteiger partial charge is 0.265 e. The zero-order valence-electron chi connectivity index (χ0n) is 11.3. The molecule has 0 N–H and O–H groups in total. The lowest BCUT2D eigenvalue weighted by atomic mass is 10.1. The lowest BCUT2D eigenvalue weighted by molar-refractivity contribution is 0.611. The number of hydrogen-bond acceptors (Lipinski definition) is 5. The van der Waals surface area contributed by atoms with Crippen molar-refractivity contribution < 1.29 is 4.39 Å². The van der Waals surface area contributed by atoms with Crippen molar-refractivity contribution in [2.24, 2.45) is 0 Å². The summed E-state index contributed by atoms with van der Waals surface area (Å²) in [5, 5.41) is 13.6. The highest BCUT2D eigenvalue weighted by molar-refractivity contribution is 7.19. The van der Waals surface area contributed by atoms with Gasteiger partial charge < -0.3 is 0 Å². The van der Waals surface area contributed by atoms with Crippen molar-refractivity contribution in [3.63, 3.8) is 0 Å². The van der Waals surface area contributed by atoms with Crippen LogP contribution in [0.4, 0.5) is 4.39 Å². The first-order valence-corrected chi connectivity index (χ1v) is 7.48. The van der Waals surface area contributed by atoms with Crippen LogP contribution in [-0.4, -0.2) is 24.8 Å². The Labute approximate surface area is 129 Å². The Morgan fingerprint density at radius 3 is 2.68 bits per heavy atom. The molecule has 4 aromatic rings. The van der Waals surface area contributed by atoms with E-state index in [-0.39, 0.29) is 5.82 Å². The lowest BCUT2D eigenvalue weighted by Gasteiger charge is -1.99. The Morgan fingerprint density at radius 2 is 1.86 bits per heavy atom. The molecular formula is C15H10FN5S. The molecule has 0 saturated heterocycles. The highest BCUT2D eigenvalue weighted by Gasteiger charge is 2.14. The van der Waals surface area contributed by atoms with Crippen LogP contribution in [0, 0.1) is 5.82 Å². The van der Waals surface area contributed by atoms with Gasteiger partial charge in [0.05, 0.1) is 0 Å². The van der Waals surface area contributed by atoms with Crippen LogP contribution in [0.3, 0.4) is 0 Å². The number of aromatic nitrogens is 5. The van der Waals surface area contributed by atoms with Crippen molar-refractivity contribution >= 4 is 16.3 Å². The first-order chi connectivity index (χ1) is 10.8. The van der Waals surface area contributed by atoms with Crippen molar-refractivity contribution in [3.05, 3.63) is 66.0 Å². The van der Waals surface area contributed by atoms with Gasteiger partial charge in [-0.1, -0.05) is 29.5 Å². The quantitative estimate of drug-likeness (QED) is 0.583. The summed E-state index contributed by atoms with van der Waals surface area (Å²) in [7, 11) is 0. The Balaban J connectivity index is 1.74. The molecule has 7 heteroatoms. The van der Waals surface area contributed by atoms with E-state index in [0.717, 1.165) is 10.6 Å². The van der Waals surface area contributed by atoms with E-state index in [2.05, 4.69) is 20.3 Å². The van der Waals surface area contributed by atoms with E-state index in [9.17, 15) is 4.39 Å². The molecule has 0 aliphatic carbocycles. The minimum Gasteiger partial charge on any atom is -0.265 e. The lowest BCUT2D eigenvalue weighted by Crippen LogP contribution is -1.99. The Kier molecular flexibility index (Phi) is 3.12. The molecule has 22 heavy (non-hydrogen) atoms. The van der Waals surface area contributed by atoms with Crippen LogP contribution < -0.4 is 0 Å². The molecule has 0 aliphatic heterocycles. The van der Waals surface area contributed by atoms with Gasteiger partial charge in [0.1, 0.15) is 10.8 Å². The number of fused-ring (bicyclic) bond motifs is 1. The van der Waals surface area contributed by atoms with Crippen molar-refractivity contribution in [2.75, 3.05) is 0 Å². The highest BCUT2D eigenvalue weighted by atomic mass is 32.1. The monoisotopic (exact) mass is 311 g/mol. The standard InChI is InChI=1S/C15H10FN5S/c16-12-4-2-1-3-11(12)9-13-18-19-15-21(13)20-14(22-15)10-5-7-17-8-6-10/h1-8H,9H2. The van der Waals surface area contributed by atoms with Crippen molar-refractivity contribution in [2.45, 2.75) is 6.42 Å². The van der Waals surface area contributed by atoms with Gasteiger partial charge in [-0.3, -0.25) is 4.98 Å². The molecule has 4 rings (SSSR count). The van der Waals surface area contributed by atoms with Crippen LogP contribution in [0.15, 0.2) is 48.8 Å². The van der Waals surface area contributed by atoms with Gasteiger partial charge in [0.15, 0.2) is 5.82 Å². The number of hydrogen-bond donors (Lipinski definition) is 0. The number of benzene rings is 1. The van der Waals surface area contributed by atoms with E-state index in [1.165, 1.54) is 17.4 Å². The van der Waals surface area contributed by atoms with Crippen molar-refractivity contribution in [1.29, 1.82) is 0 Å². The maximum Gasteiger partial charge on any atom is 0.234 e. The van der Waals surface area contributed by atoms with E-state index in [0.29, 0.717) is 22.8 Å². The SMILES string of the molecule is Fc1ccccc1Cc1nnc2sc(-c3ccncc3)nn12. The molecule has 0 unspecified atom stereocenters. The fraction of sp³-hybridized carbons (Fsp3) is 0.0667. The normalized spacial score (nSPS) is 11.1. The predicted octanol–water partition coefficient (Wildman–Crippen LogP) is 2.98. The van der Waals surface area contributed by atoms with E-state index in [4.69, 9.17) is 0 Å². The van der Waals surface area contributed by atoms with Gasteiger partial charge in [0, 0.05) is 24.4 Å². The third-order valence-corrected chi connectivity index (χ3v) is 4.24. The van der Waals surface area contributed by atoms with Gasteiger partial charge in [0.2, 0.25) is 4.96 Å². The van der Waals surface area contributed by atoms with Crippen molar-refractivity contribution in [3.8, 4) is 10.6 Å². The number of nitrogens with zero attached hydrogens (tertiary/aromatic N) is 5. The summed E-state index contributed by atoms with van der Waals surface area (Å²) in [6.45, 7) is 0. The molecule has 0 spiro atoms. The number of rotatable bonds is 3. The van der Waals surface area contributed by atoms with Gasteiger partial charge in [-0.15, -0.1) is 10.2 Å². The topological polar surface area (TPSA) is 56.0 Å². The molecule has 3 aromatic heterocycles. The van der Waals surface area contributed by atoms with Crippen LogP contribution in [0.25, 0.3) is 15.5 Å². The molecule has 3 heterocycles. The van der Waals surface area contributed by atoms with Gasteiger partial charge in [0.25, 0.3) is 0 Å². The molecule has 108 valence electrons. The molecule has 0 atom stereocenters. The number of halogens is 1. The highest BCUT2D eigenvalue weighted by Crippen LogP contribution is 2.25. The summed E-state index contributed by atoms with van der Waals surface area (Å²) in [5.74, 6) is 0.375. The molecule has 0 fully saturated rings. The van der Waals surface area contributed by atoms with Crippen LogP contribution in [0.5, 0.6) is 0 Å². The second-order valence-corrected chi connectivity index (χ2v) is 5.68. The maximum absolute atomic E-state index is 13.8. The summed E-state index contributed by atoms with van der Waals surface area (Å²) in [6, 6.07) is 10.4. The molecule has 0 aliphatic rings. The van der Waals surface area contributed by atoms with Crippen LogP contribution >= 0.6 is 11.3 Å². The van der Waals surface area contributed by atoms with Gasteiger partial charge >= 0.3 is 0 Å². The van der Waals surface area contributed by atoms with Gasteiger partial charge in [-0.25, -0.2) is 4.39 Å². The van der Waals surface area contributed by atoms with Crippen LogP contribution in [0.2, 0.25) is 0 Å². The molecule has 0 amide bonds. The molecule has 5 nitrogen and oxygen atoms in total. The summed E-state index contributed by atoms with van der Waals surface area (Å²) in [6.07, 6.45) is 3.80. The number of pyridine rings is 1. The van der Waals surface area contributed by atoms with E-state index in [1.807, 2.05) is 12.1 Å². The zero-order chi connectivity index (χ0) is 14.9. The second kappa shape index (κ2) is 5.27. The summed E-state index contributed by atoms with van der Waals surface area (Å²) < 4.78 is 15.4. The molecule has 1 aromatic carbocycles. The summed E-state index contributed by atoms with van der Waals surface area (Å²) >= 11 is 1.44. The molecule has 0 saturated carbocycles. The fourth-order valence-electron chi connectivity index (χ4n) is 2.19. The third kappa shape index (κ3) is 2.25. The Morgan fingerprint density at radius 1 is 1.05 bits per heavy atom. The fourth-order valence-corrected chi connectivity index (χ4v) is 3.05. The first-order valence-electron chi connectivity index (χ1n) is 6.66. The average Bonchev–Trinajstić information content (AvgIpc) is 3.12. The Bertz CT molecular complexity index is 931. The smallest absolute Gasteiger partial charge is 0.234 e. The van der Waals surface area contributed by atoms with Crippen LogP contribution in [-0.2, 0) is 6.42 Å². The molecule has 0 bridgehead atoms. The van der Waals surface area contributed by atoms with Crippen LogP contribution in [0.1, 0.15) is 11.4 Å².